The molecular formula is C10H17ClN2O2. The normalized spacial score (nSPS) is 15.2. The van der Waals surface area contributed by atoms with Crippen LogP contribution in [-0.4, -0.2) is 35.3 Å². The van der Waals surface area contributed by atoms with Crippen molar-refractivity contribution in [2.75, 3.05) is 12.4 Å². The van der Waals surface area contributed by atoms with Gasteiger partial charge in [0.05, 0.1) is 0 Å². The Labute approximate surface area is 95.0 Å². The lowest BCUT2D eigenvalue weighted by atomic mass is 10.2. The first kappa shape index (κ1) is 12.3. The van der Waals surface area contributed by atoms with Gasteiger partial charge in [0.2, 0.25) is 5.91 Å². The van der Waals surface area contributed by atoms with Crippen LogP contribution >= 0.6 is 11.6 Å². The van der Waals surface area contributed by atoms with E-state index in [2.05, 4.69) is 5.32 Å². The highest BCUT2D eigenvalue weighted by Crippen LogP contribution is 2.27. The van der Waals surface area contributed by atoms with Gasteiger partial charge in [-0.25, -0.2) is 4.79 Å². The molecule has 0 unspecified atom stereocenters. The summed E-state index contributed by atoms with van der Waals surface area (Å²) in [5.41, 5.74) is 0. The number of alkyl halides is 1. The number of hydrogen-bond acceptors (Lipinski definition) is 2. The molecule has 15 heavy (non-hydrogen) atoms. The summed E-state index contributed by atoms with van der Waals surface area (Å²) in [6.07, 6.45) is 2.07. The van der Waals surface area contributed by atoms with Crippen LogP contribution < -0.4 is 5.32 Å². The minimum absolute atomic E-state index is 0.175. The third kappa shape index (κ3) is 4.08. The Morgan fingerprint density at radius 2 is 2.07 bits per heavy atom. The molecule has 0 saturated heterocycles. The average Bonchev–Trinajstić information content (AvgIpc) is 2.96. The molecule has 1 N–H and O–H groups in total. The van der Waals surface area contributed by atoms with Crippen molar-refractivity contribution in [3.05, 3.63) is 0 Å². The average molecular weight is 233 g/mol. The Hall–Kier alpha value is -0.770. The second-order valence-electron chi connectivity index (χ2n) is 4.26. The molecule has 0 aromatic heterocycles. The topological polar surface area (TPSA) is 49.4 Å². The lowest BCUT2D eigenvalue weighted by Gasteiger charge is -2.24. The second-order valence-corrected chi connectivity index (χ2v) is 4.53. The lowest BCUT2D eigenvalue weighted by molar-refractivity contribution is -0.117. The monoisotopic (exact) mass is 232 g/mol. The summed E-state index contributed by atoms with van der Waals surface area (Å²) >= 11 is 5.32. The van der Waals surface area contributed by atoms with E-state index in [1.165, 1.54) is 0 Å². The van der Waals surface area contributed by atoms with Crippen LogP contribution in [0.4, 0.5) is 4.79 Å². The maximum Gasteiger partial charge on any atom is 0.324 e. The first-order valence-corrected chi connectivity index (χ1v) is 5.74. The molecule has 0 aromatic carbocycles. The summed E-state index contributed by atoms with van der Waals surface area (Å²) in [6, 6.07) is 0.00683. The number of rotatable bonds is 4. The molecular weight excluding hydrogens is 216 g/mol. The molecule has 1 saturated carbocycles. The number of amides is 3. The zero-order valence-electron chi connectivity index (χ0n) is 9.12. The van der Waals surface area contributed by atoms with E-state index in [9.17, 15) is 9.59 Å². The number of nitrogens with zero attached hydrogens (tertiary/aromatic N) is 1. The summed E-state index contributed by atoms with van der Waals surface area (Å²) in [5.74, 6) is -0.204. The molecule has 1 aliphatic rings. The molecule has 1 fully saturated rings. The van der Waals surface area contributed by atoms with Crippen molar-refractivity contribution in [1.29, 1.82) is 0 Å². The summed E-state index contributed by atoms with van der Waals surface area (Å²) in [6.45, 7) is 4.78. The zero-order chi connectivity index (χ0) is 11.4. The van der Waals surface area contributed by atoms with Crippen LogP contribution in [0.25, 0.3) is 0 Å². The Balaban J connectivity index is 2.47. The zero-order valence-corrected chi connectivity index (χ0v) is 9.88. The van der Waals surface area contributed by atoms with Gasteiger partial charge in [0, 0.05) is 12.6 Å². The van der Waals surface area contributed by atoms with Gasteiger partial charge < -0.3 is 4.90 Å². The second kappa shape index (κ2) is 5.35. The molecule has 0 heterocycles. The fraction of sp³-hybridized carbons (Fsp3) is 0.800. The number of urea groups is 1. The highest BCUT2D eigenvalue weighted by molar-refractivity contribution is 6.28. The van der Waals surface area contributed by atoms with Crippen molar-refractivity contribution in [2.24, 2.45) is 5.92 Å². The molecule has 0 aromatic rings. The van der Waals surface area contributed by atoms with Gasteiger partial charge in [0.25, 0.3) is 0 Å². The molecule has 3 amide bonds. The molecule has 0 bridgehead atoms. The summed E-state index contributed by atoms with van der Waals surface area (Å²) in [5, 5.41) is 2.27. The van der Waals surface area contributed by atoms with E-state index in [1.54, 1.807) is 4.90 Å². The third-order valence-electron chi connectivity index (χ3n) is 2.18. The van der Waals surface area contributed by atoms with Crippen LogP contribution in [0, 0.1) is 5.92 Å². The molecule has 4 nitrogen and oxygen atoms in total. The summed E-state index contributed by atoms with van der Waals surface area (Å²) < 4.78 is 0. The minimum atomic E-state index is -0.434. The van der Waals surface area contributed by atoms with Crippen molar-refractivity contribution in [3.63, 3.8) is 0 Å². The summed E-state index contributed by atoms with van der Waals surface area (Å²) in [7, 11) is 0. The van der Waals surface area contributed by atoms with E-state index in [1.807, 2.05) is 13.8 Å². The van der Waals surface area contributed by atoms with Crippen molar-refractivity contribution in [3.8, 4) is 0 Å². The van der Waals surface area contributed by atoms with Gasteiger partial charge >= 0.3 is 6.03 Å². The Morgan fingerprint density at radius 1 is 1.47 bits per heavy atom. The van der Waals surface area contributed by atoms with Crippen molar-refractivity contribution >= 4 is 23.5 Å². The van der Waals surface area contributed by atoms with Crippen LogP contribution in [0.15, 0.2) is 0 Å². The Kier molecular flexibility index (Phi) is 4.39. The van der Waals surface area contributed by atoms with E-state index >= 15 is 0 Å². The number of nitrogens with one attached hydrogen (secondary N) is 1. The molecule has 86 valence electrons. The highest BCUT2D eigenvalue weighted by Gasteiger charge is 2.33. The minimum Gasteiger partial charge on any atom is -0.321 e. The van der Waals surface area contributed by atoms with Crippen LogP contribution in [0.5, 0.6) is 0 Å². The number of carbonyl (C=O) groups excluding carboxylic acids is 2. The predicted molar refractivity (Wildman–Crippen MR) is 58.8 cm³/mol. The van der Waals surface area contributed by atoms with Crippen LogP contribution in [0.3, 0.4) is 0 Å². The summed E-state index contributed by atoms with van der Waals surface area (Å²) in [4.78, 5) is 24.4. The predicted octanol–water partition coefficient (Wildman–Crippen LogP) is 1.58. The van der Waals surface area contributed by atoms with Gasteiger partial charge in [0.1, 0.15) is 5.88 Å². The fourth-order valence-electron chi connectivity index (χ4n) is 1.40. The number of imide groups is 1. The highest BCUT2D eigenvalue weighted by atomic mass is 35.5. The van der Waals surface area contributed by atoms with Crippen molar-refractivity contribution < 1.29 is 9.59 Å². The lowest BCUT2D eigenvalue weighted by Crippen LogP contribution is -2.45. The van der Waals surface area contributed by atoms with Crippen LogP contribution in [-0.2, 0) is 4.79 Å². The molecule has 0 aliphatic heterocycles. The van der Waals surface area contributed by atoms with Gasteiger partial charge in [-0.05, 0) is 18.8 Å². The largest absolute Gasteiger partial charge is 0.324 e. The van der Waals surface area contributed by atoms with Gasteiger partial charge in [-0.2, -0.15) is 0 Å². The molecule has 5 heteroatoms. The number of halogens is 1. The van der Waals surface area contributed by atoms with Crippen LogP contribution in [0.2, 0.25) is 0 Å². The molecule has 1 rings (SSSR count). The number of carbonyl (C=O) groups is 2. The smallest absolute Gasteiger partial charge is 0.321 e. The van der Waals surface area contributed by atoms with Crippen molar-refractivity contribution in [1.82, 2.24) is 10.2 Å². The Morgan fingerprint density at radius 3 is 2.47 bits per heavy atom. The maximum atomic E-state index is 11.7. The van der Waals surface area contributed by atoms with Gasteiger partial charge in [0.15, 0.2) is 0 Å². The SMILES string of the molecule is CC(C)CN(C(=O)NC(=O)CCl)C1CC1. The van der Waals surface area contributed by atoms with Gasteiger partial charge in [-0.15, -0.1) is 11.6 Å². The van der Waals surface area contributed by atoms with E-state index in [-0.39, 0.29) is 11.9 Å². The van der Waals surface area contributed by atoms with Crippen molar-refractivity contribution in [2.45, 2.75) is 32.7 Å². The first-order chi connectivity index (χ1) is 7.04. The van der Waals surface area contributed by atoms with Gasteiger partial charge in [-0.1, -0.05) is 13.8 Å². The Bertz CT molecular complexity index is 252. The van der Waals surface area contributed by atoms with E-state index in [4.69, 9.17) is 11.6 Å². The van der Waals surface area contributed by atoms with Gasteiger partial charge in [-0.3, -0.25) is 10.1 Å². The molecule has 0 atom stereocenters. The standard InChI is InChI=1S/C10H17ClN2O2/c1-7(2)6-13(8-3-4-8)10(15)12-9(14)5-11/h7-8H,3-6H2,1-2H3,(H,12,14,15). The van der Waals surface area contributed by atoms with E-state index in [0.29, 0.717) is 18.5 Å². The molecule has 0 radical (unpaired) electrons. The maximum absolute atomic E-state index is 11.7. The molecule has 0 spiro atoms. The van der Waals surface area contributed by atoms with Crippen LogP contribution in [0.1, 0.15) is 26.7 Å². The quantitative estimate of drug-likeness (QED) is 0.749. The first-order valence-electron chi connectivity index (χ1n) is 5.21. The number of hydrogen-bond donors (Lipinski definition) is 1. The third-order valence-corrected chi connectivity index (χ3v) is 2.42. The van der Waals surface area contributed by atoms with E-state index in [0.717, 1.165) is 12.8 Å². The fourth-order valence-corrected chi connectivity index (χ4v) is 1.47. The van der Waals surface area contributed by atoms with E-state index < -0.39 is 5.91 Å². The molecule has 1 aliphatic carbocycles.